The standard InChI is InChI=1S/C28H25F2NO5.C20H18BrF2NO4.C9H11BO3/c29-21-9-2-10-22(30)24(21)27(32)31-23(28(33)34)15-17-11-12-20(26-18(17)8-4-14-36-26)19-7-1-5-16-6-3-13-35-25(16)19;1-27-20(26)16(24-19(25)17-14(22)5-2-6-15(17)23)10-11-7-8-13(21)18-12(11)4-3-9-28-18;11-10(12)8-5-1-3-7-4-2-6-13-9(7)8/h1-2,5,7,9-12,23H,3-4,6,8,13-15H2,(H,31,32)(H,33,34);2,5-8,16H,3-4,9-10H2,1H3,(H,24,25);1,3,5,11-12H,2,4,6H2/t23-;16-;/m00./s1. The van der Waals surface area contributed by atoms with E-state index in [1.807, 2.05) is 42.5 Å². The molecule has 20 heteroatoms. The molecule has 0 unspecified atom stereocenters. The van der Waals surface area contributed by atoms with E-state index in [9.17, 15) is 41.8 Å². The zero-order chi connectivity index (χ0) is 54.8. The Bertz CT molecular complexity index is 3140. The highest BCUT2D eigenvalue weighted by Crippen LogP contribution is 2.44. The third-order valence-corrected chi connectivity index (χ3v) is 14.0. The second-order valence-electron chi connectivity index (χ2n) is 18.4. The smallest absolute Gasteiger partial charge is 0.492 e. The van der Waals surface area contributed by atoms with Gasteiger partial charge in [-0.1, -0.05) is 66.7 Å². The van der Waals surface area contributed by atoms with Crippen LogP contribution in [0.2, 0.25) is 0 Å². The van der Waals surface area contributed by atoms with E-state index in [-0.39, 0.29) is 12.8 Å². The average Bonchev–Trinajstić information content (AvgIpc) is 3.43. The maximum atomic E-state index is 14.1. The molecule has 5 N–H and O–H groups in total. The molecule has 10 rings (SSSR count). The first-order valence-corrected chi connectivity index (χ1v) is 25.8. The predicted molar refractivity (Wildman–Crippen MR) is 280 cm³/mol. The number of amides is 2. The summed E-state index contributed by atoms with van der Waals surface area (Å²) in [5.74, 6) is -5.39. The summed E-state index contributed by atoms with van der Waals surface area (Å²) in [5, 5.41) is 32.6. The zero-order valence-electron chi connectivity index (χ0n) is 41.8. The number of aliphatic carboxylic acids is 1. The predicted octanol–water partition coefficient (Wildman–Crippen LogP) is 7.97. The topological polar surface area (TPSA) is 199 Å². The van der Waals surface area contributed by atoms with Crippen molar-refractivity contribution in [1.82, 2.24) is 10.6 Å². The van der Waals surface area contributed by atoms with Crippen LogP contribution in [0.25, 0.3) is 11.1 Å². The molecule has 0 spiro atoms. The number of benzene rings is 6. The molecule has 0 fully saturated rings. The van der Waals surface area contributed by atoms with Gasteiger partial charge in [0.05, 0.1) is 38.0 Å². The number of methoxy groups -OCH3 is 1. The largest absolute Gasteiger partial charge is 0.494 e. The van der Waals surface area contributed by atoms with Gasteiger partial charge in [0.1, 0.15) is 69.5 Å². The van der Waals surface area contributed by atoms with Crippen LogP contribution in [0.4, 0.5) is 17.6 Å². The maximum absolute atomic E-state index is 14.1. The summed E-state index contributed by atoms with van der Waals surface area (Å²) in [6.45, 7) is 2.44. The Morgan fingerprint density at radius 3 is 1.57 bits per heavy atom. The van der Waals surface area contributed by atoms with Gasteiger partial charge in [-0.05, 0) is 131 Å². The van der Waals surface area contributed by atoms with Gasteiger partial charge in [0, 0.05) is 29.4 Å². The lowest BCUT2D eigenvalue weighted by Gasteiger charge is -2.27. The van der Waals surface area contributed by atoms with Crippen molar-refractivity contribution in [3.05, 3.63) is 169 Å². The molecule has 0 bridgehead atoms. The van der Waals surface area contributed by atoms with E-state index < -0.39 is 77.4 Å². The van der Waals surface area contributed by atoms with Crippen LogP contribution < -0.4 is 35.0 Å². The van der Waals surface area contributed by atoms with E-state index in [2.05, 4.69) is 32.6 Å². The van der Waals surface area contributed by atoms with Gasteiger partial charge in [0.2, 0.25) is 0 Å². The quantitative estimate of drug-likeness (QED) is 0.0451. The fourth-order valence-corrected chi connectivity index (χ4v) is 10.2. The number of nitrogens with one attached hydrogen (secondary N) is 2. The molecule has 4 aliphatic heterocycles. The number of rotatable bonds is 12. The Morgan fingerprint density at radius 1 is 0.571 bits per heavy atom. The number of ether oxygens (including phenoxy) is 5. The zero-order valence-corrected chi connectivity index (χ0v) is 43.4. The lowest BCUT2D eigenvalue weighted by molar-refractivity contribution is -0.143. The van der Waals surface area contributed by atoms with Gasteiger partial charge in [-0.3, -0.25) is 9.59 Å². The SMILES string of the molecule is COC(=O)[C@H](Cc1ccc(Br)c2c1CCCO2)NC(=O)c1c(F)cccc1F.O=C(N[C@@H](Cc1ccc(-c2cccc3c2OCCC3)c2c1CCCO2)C(=O)O)c1c(F)cccc1F.OB(O)c1cccc2c1OCCC2. The van der Waals surface area contributed by atoms with Crippen molar-refractivity contribution < 1.29 is 75.6 Å². The Balaban J connectivity index is 0.000000169. The van der Waals surface area contributed by atoms with Gasteiger partial charge in [-0.25, -0.2) is 27.2 Å². The van der Waals surface area contributed by atoms with Gasteiger partial charge in [0.15, 0.2) is 0 Å². The summed E-state index contributed by atoms with van der Waals surface area (Å²) < 4.78 is 84.6. The van der Waals surface area contributed by atoms with Gasteiger partial charge < -0.3 is 49.5 Å². The van der Waals surface area contributed by atoms with Crippen LogP contribution in [0.15, 0.2) is 102 Å². The van der Waals surface area contributed by atoms with Crippen molar-refractivity contribution in [3.8, 4) is 34.1 Å². The van der Waals surface area contributed by atoms with Gasteiger partial charge >= 0.3 is 19.1 Å². The van der Waals surface area contributed by atoms with Crippen molar-refractivity contribution in [2.75, 3.05) is 33.5 Å². The summed E-state index contributed by atoms with van der Waals surface area (Å²) in [4.78, 5) is 49.2. The maximum Gasteiger partial charge on any atom is 0.492 e. The van der Waals surface area contributed by atoms with E-state index in [0.29, 0.717) is 61.1 Å². The molecule has 4 heterocycles. The average molecular weight is 1130 g/mol. The first-order chi connectivity index (χ1) is 37.1. The fourth-order valence-electron chi connectivity index (χ4n) is 9.70. The number of carboxylic acids is 1. The minimum atomic E-state index is -1.44. The number of aryl methyl sites for hydroxylation is 2. The van der Waals surface area contributed by atoms with Crippen molar-refractivity contribution in [2.24, 2.45) is 0 Å². The minimum absolute atomic E-state index is 0.0630. The Kier molecular flexibility index (Phi) is 18.6. The number of halogens is 5. The third-order valence-electron chi connectivity index (χ3n) is 13.4. The summed E-state index contributed by atoms with van der Waals surface area (Å²) in [6, 6.07) is 22.5. The van der Waals surface area contributed by atoms with Crippen LogP contribution >= 0.6 is 15.9 Å². The minimum Gasteiger partial charge on any atom is -0.494 e. The van der Waals surface area contributed by atoms with E-state index in [1.54, 1.807) is 12.1 Å². The van der Waals surface area contributed by atoms with Gasteiger partial charge in [0.25, 0.3) is 11.8 Å². The van der Waals surface area contributed by atoms with Crippen LogP contribution in [0.3, 0.4) is 0 Å². The molecular formula is C57H54BBrF4N2O12. The number of fused-ring (bicyclic) bond motifs is 4. The van der Waals surface area contributed by atoms with Crippen LogP contribution in [0.5, 0.6) is 23.0 Å². The highest BCUT2D eigenvalue weighted by Gasteiger charge is 2.31. The van der Waals surface area contributed by atoms with Crippen molar-refractivity contribution in [2.45, 2.75) is 76.3 Å². The summed E-state index contributed by atoms with van der Waals surface area (Å²) in [7, 11) is -0.251. The van der Waals surface area contributed by atoms with Crippen LogP contribution in [0.1, 0.15) is 79.8 Å². The number of carbonyl (C=O) groups is 4. The van der Waals surface area contributed by atoms with Crippen molar-refractivity contribution >= 4 is 52.3 Å². The first kappa shape index (κ1) is 55.8. The van der Waals surface area contributed by atoms with E-state index in [4.69, 9.17) is 33.7 Å². The molecule has 0 saturated heterocycles. The molecule has 402 valence electrons. The molecule has 6 aromatic carbocycles. The Morgan fingerprint density at radius 2 is 1.01 bits per heavy atom. The highest BCUT2D eigenvalue weighted by molar-refractivity contribution is 9.10. The molecule has 0 aliphatic carbocycles. The van der Waals surface area contributed by atoms with E-state index in [1.165, 1.54) is 7.11 Å². The van der Waals surface area contributed by atoms with Gasteiger partial charge in [-0.15, -0.1) is 0 Å². The molecule has 0 aromatic heterocycles. The number of para-hydroxylation sites is 2. The van der Waals surface area contributed by atoms with Crippen LogP contribution in [-0.2, 0) is 52.9 Å². The molecule has 4 aliphatic rings. The molecule has 0 radical (unpaired) electrons. The van der Waals surface area contributed by atoms with Gasteiger partial charge in [-0.2, -0.15) is 0 Å². The van der Waals surface area contributed by atoms with E-state index in [0.717, 1.165) is 131 Å². The second-order valence-corrected chi connectivity index (χ2v) is 19.3. The number of hydrogen-bond acceptors (Lipinski definition) is 11. The normalized spacial score (nSPS) is 14.5. The fraction of sp³-hybridized carbons (Fsp3) is 0.298. The highest BCUT2D eigenvalue weighted by atomic mass is 79.9. The first-order valence-electron chi connectivity index (χ1n) is 25.0. The Hall–Kier alpha value is -7.42. The lowest BCUT2D eigenvalue weighted by Crippen LogP contribution is -2.43. The van der Waals surface area contributed by atoms with Crippen LogP contribution in [-0.4, -0.2) is 91.6 Å². The van der Waals surface area contributed by atoms with Crippen LogP contribution in [0, 0.1) is 23.3 Å². The van der Waals surface area contributed by atoms with Crippen molar-refractivity contribution in [3.63, 3.8) is 0 Å². The Labute approximate surface area is 449 Å². The molecular weight excluding hydrogens is 1070 g/mol. The second kappa shape index (κ2) is 25.6. The number of carbonyl (C=O) groups excluding carboxylic acids is 3. The monoisotopic (exact) mass is 1120 g/mol. The van der Waals surface area contributed by atoms with Crippen molar-refractivity contribution in [1.29, 1.82) is 0 Å². The van der Waals surface area contributed by atoms with E-state index >= 15 is 0 Å². The summed E-state index contributed by atoms with van der Waals surface area (Å²) in [5.41, 5.74) is 6.21. The summed E-state index contributed by atoms with van der Waals surface area (Å²) >= 11 is 3.44. The number of carboxylic acid groups (broad SMARTS) is 1. The molecule has 2 amide bonds. The molecule has 77 heavy (non-hydrogen) atoms. The molecule has 6 aromatic rings. The third kappa shape index (κ3) is 13.1. The molecule has 0 saturated carbocycles. The molecule has 2 atom stereocenters. The number of esters is 1. The molecule has 14 nitrogen and oxygen atoms in total. The summed E-state index contributed by atoms with van der Waals surface area (Å²) in [6.07, 6.45) is 6.91. The number of hydrogen-bond donors (Lipinski definition) is 5. The lowest BCUT2D eigenvalue weighted by atomic mass is 9.78.